The third-order valence-corrected chi connectivity index (χ3v) is 2.26. The Bertz CT molecular complexity index is 441. The molecule has 0 aromatic heterocycles. The van der Waals surface area contributed by atoms with Crippen LogP contribution in [0.1, 0.15) is 28.4 Å². The van der Waals surface area contributed by atoms with Gasteiger partial charge in [0.15, 0.2) is 0 Å². The van der Waals surface area contributed by atoms with Gasteiger partial charge in [0.05, 0.1) is 17.7 Å². The summed E-state index contributed by atoms with van der Waals surface area (Å²) in [5.41, 5.74) is 4.16. The second kappa shape index (κ2) is 4.65. The lowest BCUT2D eigenvalue weighted by Gasteiger charge is -2.13. The maximum absolute atomic E-state index is 12.7. The predicted molar refractivity (Wildman–Crippen MR) is 56.5 cm³/mol. The zero-order valence-electron chi connectivity index (χ0n) is 9.39. The molecule has 1 rings (SSSR count). The second-order valence-corrected chi connectivity index (χ2v) is 3.46. The first-order valence-corrected chi connectivity index (χ1v) is 4.91. The first-order chi connectivity index (χ1) is 7.77. The number of anilines is 1. The fourth-order valence-electron chi connectivity index (χ4n) is 1.36. The Morgan fingerprint density at radius 3 is 2.47 bits per heavy atom. The number of nitrogen functional groups attached to an aromatic ring is 1. The number of esters is 1. The topological polar surface area (TPSA) is 52.3 Å². The highest BCUT2D eigenvalue weighted by Gasteiger charge is 2.34. The standard InChI is InChI=1S/C11H12F3NO2/c1-3-17-10(16)7-4-8(11(12,13)14)6(2)9(15)5-7/h4-5H,3,15H2,1-2H3. The molecule has 0 unspecified atom stereocenters. The highest BCUT2D eigenvalue weighted by Crippen LogP contribution is 2.34. The molecule has 0 spiro atoms. The van der Waals surface area contributed by atoms with Gasteiger partial charge in [-0.25, -0.2) is 4.79 Å². The molecule has 6 heteroatoms. The van der Waals surface area contributed by atoms with Crippen LogP contribution < -0.4 is 5.73 Å². The van der Waals surface area contributed by atoms with Gasteiger partial charge in [-0.1, -0.05) is 0 Å². The van der Waals surface area contributed by atoms with Gasteiger partial charge in [0, 0.05) is 5.69 Å². The fraction of sp³-hybridized carbons (Fsp3) is 0.364. The van der Waals surface area contributed by atoms with E-state index in [1.165, 1.54) is 13.0 Å². The summed E-state index contributed by atoms with van der Waals surface area (Å²) in [6.45, 7) is 2.92. The van der Waals surface area contributed by atoms with E-state index in [-0.39, 0.29) is 23.4 Å². The summed E-state index contributed by atoms with van der Waals surface area (Å²) < 4.78 is 42.6. The number of ether oxygens (including phenoxy) is 1. The number of alkyl halides is 3. The van der Waals surface area contributed by atoms with Crippen molar-refractivity contribution in [1.29, 1.82) is 0 Å². The van der Waals surface area contributed by atoms with E-state index in [4.69, 9.17) is 5.73 Å². The second-order valence-electron chi connectivity index (χ2n) is 3.46. The van der Waals surface area contributed by atoms with E-state index >= 15 is 0 Å². The van der Waals surface area contributed by atoms with Crippen LogP contribution in [0.4, 0.5) is 18.9 Å². The summed E-state index contributed by atoms with van der Waals surface area (Å²) in [5.74, 6) is -0.815. The van der Waals surface area contributed by atoms with E-state index in [9.17, 15) is 18.0 Å². The molecule has 0 radical (unpaired) electrons. The maximum atomic E-state index is 12.7. The van der Waals surface area contributed by atoms with Crippen molar-refractivity contribution in [3.8, 4) is 0 Å². The van der Waals surface area contributed by atoms with Gasteiger partial charge in [0.25, 0.3) is 0 Å². The molecule has 0 fully saturated rings. The van der Waals surface area contributed by atoms with Crippen molar-refractivity contribution < 1.29 is 22.7 Å². The van der Waals surface area contributed by atoms with Crippen LogP contribution in [0.2, 0.25) is 0 Å². The SMILES string of the molecule is CCOC(=O)c1cc(N)c(C)c(C(F)(F)F)c1. The van der Waals surface area contributed by atoms with Crippen LogP contribution in [0, 0.1) is 6.92 Å². The fourth-order valence-corrected chi connectivity index (χ4v) is 1.36. The van der Waals surface area contributed by atoms with Crippen LogP contribution in [0.15, 0.2) is 12.1 Å². The molecule has 0 aliphatic heterocycles. The van der Waals surface area contributed by atoms with E-state index < -0.39 is 17.7 Å². The molecule has 0 bridgehead atoms. The minimum absolute atomic E-state index is 0.0807. The van der Waals surface area contributed by atoms with Crippen LogP contribution in [0.25, 0.3) is 0 Å². The number of hydrogen-bond acceptors (Lipinski definition) is 3. The predicted octanol–water partition coefficient (Wildman–Crippen LogP) is 2.77. The summed E-state index contributed by atoms with van der Waals surface area (Å²) in [6, 6.07) is 1.94. The Balaban J connectivity index is 3.29. The minimum Gasteiger partial charge on any atom is -0.462 e. The lowest BCUT2D eigenvalue weighted by atomic mass is 10.0. The monoisotopic (exact) mass is 247 g/mol. The molecular weight excluding hydrogens is 235 g/mol. The molecular formula is C11H12F3NO2. The molecule has 3 nitrogen and oxygen atoms in total. The molecule has 0 saturated heterocycles. The van der Waals surface area contributed by atoms with E-state index in [1.807, 2.05) is 0 Å². The first kappa shape index (κ1) is 13.3. The zero-order valence-corrected chi connectivity index (χ0v) is 9.39. The van der Waals surface area contributed by atoms with Gasteiger partial charge >= 0.3 is 12.1 Å². The quantitative estimate of drug-likeness (QED) is 0.645. The van der Waals surface area contributed by atoms with Gasteiger partial charge in [0.2, 0.25) is 0 Å². The van der Waals surface area contributed by atoms with Crippen molar-refractivity contribution in [3.05, 3.63) is 28.8 Å². The average molecular weight is 247 g/mol. The molecule has 0 atom stereocenters. The van der Waals surface area contributed by atoms with Crippen LogP contribution in [0.3, 0.4) is 0 Å². The summed E-state index contributed by atoms with van der Waals surface area (Å²) in [7, 11) is 0. The molecule has 2 N–H and O–H groups in total. The Morgan fingerprint density at radius 1 is 1.41 bits per heavy atom. The van der Waals surface area contributed by atoms with Gasteiger partial charge in [-0.15, -0.1) is 0 Å². The van der Waals surface area contributed by atoms with Crippen molar-refractivity contribution in [1.82, 2.24) is 0 Å². The van der Waals surface area contributed by atoms with Crippen LogP contribution >= 0.6 is 0 Å². The molecule has 0 saturated carbocycles. The number of hydrogen-bond donors (Lipinski definition) is 1. The largest absolute Gasteiger partial charge is 0.462 e. The number of halogens is 3. The summed E-state index contributed by atoms with van der Waals surface area (Å²) in [4.78, 5) is 11.3. The van der Waals surface area contributed by atoms with Crippen LogP contribution in [0.5, 0.6) is 0 Å². The molecule has 94 valence electrons. The summed E-state index contributed by atoms with van der Waals surface area (Å²) in [5, 5.41) is 0. The van der Waals surface area contributed by atoms with Gasteiger partial charge < -0.3 is 10.5 Å². The highest BCUT2D eigenvalue weighted by molar-refractivity contribution is 5.91. The molecule has 1 aromatic rings. The molecule has 17 heavy (non-hydrogen) atoms. The van der Waals surface area contributed by atoms with Gasteiger partial charge in [-0.05, 0) is 31.5 Å². The van der Waals surface area contributed by atoms with E-state index in [0.29, 0.717) is 0 Å². The van der Waals surface area contributed by atoms with Gasteiger partial charge in [-0.3, -0.25) is 0 Å². The highest BCUT2D eigenvalue weighted by atomic mass is 19.4. The van der Waals surface area contributed by atoms with Crippen molar-refractivity contribution >= 4 is 11.7 Å². The Hall–Kier alpha value is -1.72. The average Bonchev–Trinajstić information content (AvgIpc) is 2.20. The molecule has 0 heterocycles. The third-order valence-electron chi connectivity index (χ3n) is 2.26. The van der Waals surface area contributed by atoms with E-state index in [1.54, 1.807) is 6.92 Å². The molecule has 0 aliphatic rings. The molecule has 1 aromatic carbocycles. The number of carbonyl (C=O) groups is 1. The minimum atomic E-state index is -4.54. The first-order valence-electron chi connectivity index (χ1n) is 4.91. The normalized spacial score (nSPS) is 11.4. The zero-order chi connectivity index (χ0) is 13.2. The molecule has 0 amide bonds. The lowest BCUT2D eigenvalue weighted by molar-refractivity contribution is -0.138. The van der Waals surface area contributed by atoms with Crippen LogP contribution in [-0.4, -0.2) is 12.6 Å². The molecule has 0 aliphatic carbocycles. The van der Waals surface area contributed by atoms with Gasteiger partial charge in [-0.2, -0.15) is 13.2 Å². The maximum Gasteiger partial charge on any atom is 0.416 e. The smallest absolute Gasteiger partial charge is 0.416 e. The number of benzene rings is 1. The Labute approximate surface area is 96.4 Å². The van der Waals surface area contributed by atoms with Crippen molar-refractivity contribution in [2.75, 3.05) is 12.3 Å². The van der Waals surface area contributed by atoms with Crippen LogP contribution in [-0.2, 0) is 10.9 Å². The summed E-state index contributed by atoms with van der Waals surface area (Å²) >= 11 is 0. The van der Waals surface area contributed by atoms with Crippen molar-refractivity contribution in [2.45, 2.75) is 20.0 Å². The Morgan fingerprint density at radius 2 is 2.00 bits per heavy atom. The van der Waals surface area contributed by atoms with E-state index in [0.717, 1.165) is 6.07 Å². The van der Waals surface area contributed by atoms with Gasteiger partial charge in [0.1, 0.15) is 0 Å². The third kappa shape index (κ3) is 2.89. The number of rotatable bonds is 2. The number of carbonyl (C=O) groups excluding carboxylic acids is 1. The summed E-state index contributed by atoms with van der Waals surface area (Å²) in [6.07, 6.45) is -4.54. The van der Waals surface area contributed by atoms with Crippen molar-refractivity contribution in [3.63, 3.8) is 0 Å². The van der Waals surface area contributed by atoms with Crippen molar-refractivity contribution in [2.24, 2.45) is 0 Å². The number of nitrogens with two attached hydrogens (primary N) is 1. The lowest BCUT2D eigenvalue weighted by Crippen LogP contribution is -2.13. The van der Waals surface area contributed by atoms with E-state index in [2.05, 4.69) is 4.74 Å². The Kier molecular flexibility index (Phi) is 3.65.